The second-order valence-electron chi connectivity index (χ2n) is 8.22. The zero-order valence-corrected chi connectivity index (χ0v) is 18.2. The van der Waals surface area contributed by atoms with Crippen LogP contribution in [0.3, 0.4) is 0 Å². The summed E-state index contributed by atoms with van der Waals surface area (Å²) >= 11 is 0. The van der Waals surface area contributed by atoms with Crippen LogP contribution in [0.4, 0.5) is 0 Å². The van der Waals surface area contributed by atoms with Crippen LogP contribution in [0.25, 0.3) is 16.6 Å². The van der Waals surface area contributed by atoms with E-state index in [1.165, 1.54) is 12.0 Å². The second kappa shape index (κ2) is 8.67. The van der Waals surface area contributed by atoms with E-state index in [1.807, 2.05) is 12.4 Å². The molecule has 1 atom stereocenters. The van der Waals surface area contributed by atoms with E-state index in [-0.39, 0.29) is 11.7 Å². The molecule has 4 rings (SSSR count). The smallest absolute Gasteiger partial charge is 0.289 e. The van der Waals surface area contributed by atoms with Crippen molar-refractivity contribution in [3.05, 3.63) is 65.4 Å². The highest BCUT2D eigenvalue weighted by Gasteiger charge is 2.16. The Morgan fingerprint density at radius 3 is 2.87 bits per heavy atom. The topological polar surface area (TPSA) is 108 Å². The molecule has 0 fully saturated rings. The molecule has 0 spiro atoms. The predicted molar refractivity (Wildman–Crippen MR) is 120 cm³/mol. The Bertz CT molecular complexity index is 1150. The molecular weight excluding hydrogens is 392 g/mol. The van der Waals surface area contributed by atoms with Gasteiger partial charge in [-0.05, 0) is 43.0 Å². The maximum Gasteiger partial charge on any atom is 0.289 e. The van der Waals surface area contributed by atoms with Gasteiger partial charge in [-0.25, -0.2) is 9.97 Å². The first kappa shape index (κ1) is 20.7. The lowest BCUT2D eigenvalue weighted by Crippen LogP contribution is -2.32. The van der Waals surface area contributed by atoms with Crippen LogP contribution in [-0.4, -0.2) is 33.4 Å². The summed E-state index contributed by atoms with van der Waals surface area (Å²) in [6.45, 7) is 9.42. The van der Waals surface area contributed by atoms with Crippen molar-refractivity contribution in [1.82, 2.24) is 30.9 Å². The number of aryl methyl sites for hydroxylation is 1. The number of H-pyrrole nitrogens is 1. The summed E-state index contributed by atoms with van der Waals surface area (Å²) in [7, 11) is 0. The van der Waals surface area contributed by atoms with E-state index in [9.17, 15) is 4.79 Å². The van der Waals surface area contributed by atoms with E-state index in [0.717, 1.165) is 34.4 Å². The molecule has 4 N–H and O–H groups in total. The number of carbonyl (C=O) groups is 1. The SMILES string of the molecule is Cc1ncoc1C(=O)NCc1cnc2[nH]cc(C3=CC(NC(C)C(C)C)=CNC3)c2c1. The van der Waals surface area contributed by atoms with Gasteiger partial charge in [0.15, 0.2) is 6.39 Å². The fraction of sp³-hybridized carbons (Fsp3) is 0.348. The molecule has 0 saturated heterocycles. The van der Waals surface area contributed by atoms with E-state index in [4.69, 9.17) is 4.42 Å². The molecule has 4 heterocycles. The molecule has 0 bridgehead atoms. The van der Waals surface area contributed by atoms with Gasteiger partial charge in [0, 0.05) is 48.7 Å². The number of rotatable bonds is 7. The average Bonchev–Trinajstić information content (AvgIpc) is 3.38. The van der Waals surface area contributed by atoms with Crippen molar-refractivity contribution < 1.29 is 9.21 Å². The Hall–Kier alpha value is -3.55. The molecule has 0 aliphatic carbocycles. The van der Waals surface area contributed by atoms with Crippen LogP contribution in [0.1, 0.15) is 48.1 Å². The molecule has 8 heteroatoms. The van der Waals surface area contributed by atoms with Gasteiger partial charge in [0.05, 0.1) is 11.4 Å². The van der Waals surface area contributed by atoms with Crippen molar-refractivity contribution in [3.8, 4) is 0 Å². The lowest BCUT2D eigenvalue weighted by molar-refractivity contribution is 0.0922. The number of dihydropyridines is 1. The van der Waals surface area contributed by atoms with Crippen LogP contribution < -0.4 is 16.0 Å². The summed E-state index contributed by atoms with van der Waals surface area (Å²) in [6.07, 6.45) is 9.22. The van der Waals surface area contributed by atoms with Gasteiger partial charge in [0.25, 0.3) is 5.91 Å². The number of carbonyl (C=O) groups excluding carboxylic acids is 1. The number of fused-ring (bicyclic) bond motifs is 1. The Labute approximate surface area is 181 Å². The second-order valence-corrected chi connectivity index (χ2v) is 8.22. The van der Waals surface area contributed by atoms with Gasteiger partial charge in [-0.2, -0.15) is 0 Å². The third-order valence-corrected chi connectivity index (χ3v) is 5.61. The van der Waals surface area contributed by atoms with Crippen molar-refractivity contribution in [1.29, 1.82) is 0 Å². The fourth-order valence-corrected chi connectivity index (χ4v) is 3.43. The number of aromatic nitrogens is 3. The van der Waals surface area contributed by atoms with Crippen molar-refractivity contribution >= 4 is 22.5 Å². The van der Waals surface area contributed by atoms with E-state index in [2.05, 4.69) is 63.8 Å². The van der Waals surface area contributed by atoms with Gasteiger partial charge in [0.1, 0.15) is 5.65 Å². The molecule has 3 aromatic rings. The minimum atomic E-state index is -0.288. The van der Waals surface area contributed by atoms with Gasteiger partial charge < -0.3 is 25.4 Å². The standard InChI is InChI=1S/C23H28N6O2/c1-13(2)14(3)29-18-6-17(9-24-10-18)20-11-26-22-19(20)5-16(7-25-22)8-27-23(30)21-15(4)28-12-31-21/h5-7,10-14,24,29H,8-9H2,1-4H3,(H,25,26)(H,27,30). The van der Waals surface area contributed by atoms with Crippen molar-refractivity contribution in [2.24, 2.45) is 5.92 Å². The van der Waals surface area contributed by atoms with Crippen molar-refractivity contribution in [2.45, 2.75) is 40.3 Å². The molecule has 0 aromatic carbocycles. The predicted octanol–water partition coefficient (Wildman–Crippen LogP) is 3.25. The Balaban J connectivity index is 1.53. The molecular formula is C23H28N6O2. The first-order valence-corrected chi connectivity index (χ1v) is 10.5. The maximum absolute atomic E-state index is 12.3. The van der Waals surface area contributed by atoms with E-state index in [1.54, 1.807) is 13.1 Å². The molecule has 3 aromatic heterocycles. The summed E-state index contributed by atoms with van der Waals surface area (Å²) in [6, 6.07) is 2.43. The van der Waals surface area contributed by atoms with Crippen LogP contribution in [-0.2, 0) is 6.54 Å². The van der Waals surface area contributed by atoms with Gasteiger partial charge in [-0.3, -0.25) is 4.79 Å². The third kappa shape index (κ3) is 4.47. The Morgan fingerprint density at radius 1 is 1.29 bits per heavy atom. The minimum Gasteiger partial charge on any atom is -0.438 e. The summed E-state index contributed by atoms with van der Waals surface area (Å²) in [5, 5.41) is 10.8. The molecule has 1 aliphatic rings. The van der Waals surface area contributed by atoms with E-state index < -0.39 is 0 Å². The lowest BCUT2D eigenvalue weighted by Gasteiger charge is -2.23. The molecule has 162 valence electrons. The Kier molecular flexibility index (Phi) is 5.79. The highest BCUT2D eigenvalue weighted by Crippen LogP contribution is 2.26. The van der Waals surface area contributed by atoms with Gasteiger partial charge in [-0.1, -0.05) is 13.8 Å². The lowest BCUT2D eigenvalue weighted by atomic mass is 10.0. The summed E-state index contributed by atoms with van der Waals surface area (Å²) in [4.78, 5) is 24.0. The molecule has 1 amide bonds. The quantitative estimate of drug-likeness (QED) is 0.467. The first-order valence-electron chi connectivity index (χ1n) is 10.5. The van der Waals surface area contributed by atoms with Crippen molar-refractivity contribution in [3.63, 3.8) is 0 Å². The zero-order valence-electron chi connectivity index (χ0n) is 18.2. The highest BCUT2D eigenvalue weighted by atomic mass is 16.3. The van der Waals surface area contributed by atoms with Gasteiger partial charge >= 0.3 is 0 Å². The third-order valence-electron chi connectivity index (χ3n) is 5.61. The van der Waals surface area contributed by atoms with Crippen molar-refractivity contribution in [2.75, 3.05) is 6.54 Å². The number of amides is 1. The number of hydrogen-bond acceptors (Lipinski definition) is 6. The number of nitrogens with one attached hydrogen (secondary N) is 4. The number of hydrogen-bond donors (Lipinski definition) is 4. The molecule has 0 saturated carbocycles. The van der Waals surface area contributed by atoms with Crippen LogP contribution in [0, 0.1) is 12.8 Å². The monoisotopic (exact) mass is 420 g/mol. The van der Waals surface area contributed by atoms with Crippen LogP contribution in [0.15, 0.2) is 47.2 Å². The van der Waals surface area contributed by atoms with Gasteiger partial charge in [-0.15, -0.1) is 0 Å². The molecule has 0 radical (unpaired) electrons. The molecule has 1 unspecified atom stereocenters. The zero-order chi connectivity index (χ0) is 22.0. The molecule has 1 aliphatic heterocycles. The molecule has 31 heavy (non-hydrogen) atoms. The number of allylic oxidation sites excluding steroid dienone is 1. The van der Waals surface area contributed by atoms with Crippen LogP contribution >= 0.6 is 0 Å². The average molecular weight is 421 g/mol. The number of nitrogens with zero attached hydrogens (tertiary/aromatic N) is 2. The minimum absolute atomic E-state index is 0.234. The van der Waals surface area contributed by atoms with Gasteiger partial charge in [0.2, 0.25) is 5.76 Å². The normalized spacial score (nSPS) is 14.7. The van der Waals surface area contributed by atoms with Crippen LogP contribution in [0.5, 0.6) is 0 Å². The molecule has 8 nitrogen and oxygen atoms in total. The number of aromatic amines is 1. The first-order chi connectivity index (χ1) is 14.9. The largest absolute Gasteiger partial charge is 0.438 e. The Morgan fingerprint density at radius 2 is 2.13 bits per heavy atom. The van der Waals surface area contributed by atoms with E-state index in [0.29, 0.717) is 24.2 Å². The van der Waals surface area contributed by atoms with Crippen LogP contribution in [0.2, 0.25) is 0 Å². The number of oxazole rings is 1. The summed E-state index contributed by atoms with van der Waals surface area (Å²) in [5.74, 6) is 0.483. The fourth-order valence-electron chi connectivity index (χ4n) is 3.43. The number of pyridine rings is 1. The van der Waals surface area contributed by atoms with E-state index >= 15 is 0 Å². The summed E-state index contributed by atoms with van der Waals surface area (Å²) < 4.78 is 5.15. The maximum atomic E-state index is 12.3. The highest BCUT2D eigenvalue weighted by molar-refractivity contribution is 5.93. The summed E-state index contributed by atoms with van der Waals surface area (Å²) in [5.41, 5.74) is 5.63.